The number of amides is 3. The summed E-state index contributed by atoms with van der Waals surface area (Å²) >= 11 is 0. The van der Waals surface area contributed by atoms with Crippen LogP contribution in [0.5, 0.6) is 0 Å². The Morgan fingerprint density at radius 2 is 1.61 bits per heavy atom. The molecular formula is C18H14F6N6O3. The molecule has 1 aromatic heterocycles. The number of halogens is 6. The van der Waals surface area contributed by atoms with Crippen molar-refractivity contribution in [1.29, 1.82) is 0 Å². The number of hydrogen-bond acceptors (Lipinski definition) is 5. The molecule has 0 bridgehead atoms. The summed E-state index contributed by atoms with van der Waals surface area (Å²) in [5, 5.41) is 4.55. The van der Waals surface area contributed by atoms with Gasteiger partial charge in [-0.05, 0) is 18.2 Å². The minimum atomic E-state index is -5.03. The molecule has 0 atom stereocenters. The van der Waals surface area contributed by atoms with Crippen molar-refractivity contribution in [1.82, 2.24) is 30.1 Å². The number of likely N-dealkylation sites (N-methyl/N-ethyl adjacent to an activating group) is 1. The number of carbonyl (C=O) groups excluding carboxylic acids is 3. The fourth-order valence-corrected chi connectivity index (χ4v) is 2.70. The van der Waals surface area contributed by atoms with Crippen LogP contribution >= 0.6 is 0 Å². The molecule has 1 aliphatic rings. The maximum atomic E-state index is 13.0. The molecule has 0 spiro atoms. The predicted molar refractivity (Wildman–Crippen MR) is 98.3 cm³/mol. The van der Waals surface area contributed by atoms with E-state index in [0.717, 1.165) is 28.3 Å². The van der Waals surface area contributed by atoms with Crippen molar-refractivity contribution in [3.8, 4) is 11.4 Å². The van der Waals surface area contributed by atoms with Crippen LogP contribution in [0.4, 0.5) is 26.3 Å². The van der Waals surface area contributed by atoms with Crippen molar-refractivity contribution in [2.24, 2.45) is 0 Å². The molecule has 0 saturated carbocycles. The van der Waals surface area contributed by atoms with E-state index in [1.165, 1.54) is 11.9 Å². The monoisotopic (exact) mass is 476 g/mol. The average molecular weight is 476 g/mol. The van der Waals surface area contributed by atoms with Gasteiger partial charge in [0.2, 0.25) is 5.91 Å². The van der Waals surface area contributed by atoms with Crippen LogP contribution in [0.2, 0.25) is 0 Å². The maximum absolute atomic E-state index is 13.0. The maximum Gasteiger partial charge on any atom is 0.416 e. The zero-order valence-electron chi connectivity index (χ0n) is 16.6. The largest absolute Gasteiger partial charge is 0.416 e. The van der Waals surface area contributed by atoms with E-state index >= 15 is 0 Å². The van der Waals surface area contributed by atoms with Crippen LogP contribution in [0, 0.1) is 0 Å². The Bertz CT molecular complexity index is 1090. The number of benzene rings is 1. The van der Waals surface area contributed by atoms with E-state index in [4.69, 9.17) is 0 Å². The highest BCUT2D eigenvalue weighted by Crippen LogP contribution is 2.38. The summed E-state index contributed by atoms with van der Waals surface area (Å²) < 4.78 is 78.9. The van der Waals surface area contributed by atoms with E-state index in [-0.39, 0.29) is 19.2 Å². The molecule has 1 aliphatic heterocycles. The summed E-state index contributed by atoms with van der Waals surface area (Å²) in [6, 6.07) is 0.928. The van der Waals surface area contributed by atoms with Crippen LogP contribution < -0.4 is 5.43 Å². The highest BCUT2D eigenvalue weighted by Gasteiger charge is 2.37. The summed E-state index contributed by atoms with van der Waals surface area (Å²) in [5.41, 5.74) is -1.40. The van der Waals surface area contributed by atoms with E-state index in [1.54, 1.807) is 0 Å². The molecule has 0 unspecified atom stereocenters. The van der Waals surface area contributed by atoms with Gasteiger partial charge in [-0.15, -0.1) is 5.10 Å². The number of nitrogens with zero attached hydrogens (tertiary/aromatic N) is 5. The Balaban J connectivity index is 1.77. The Morgan fingerprint density at radius 1 is 1.00 bits per heavy atom. The van der Waals surface area contributed by atoms with Gasteiger partial charge in [-0.1, -0.05) is 0 Å². The molecule has 2 heterocycles. The lowest BCUT2D eigenvalue weighted by molar-refractivity contribution is -0.153. The van der Waals surface area contributed by atoms with Gasteiger partial charge < -0.3 is 4.90 Å². The first-order valence-corrected chi connectivity index (χ1v) is 8.98. The van der Waals surface area contributed by atoms with Gasteiger partial charge in [-0.2, -0.15) is 26.3 Å². The molecule has 1 aromatic carbocycles. The first kappa shape index (κ1) is 23.7. The van der Waals surface area contributed by atoms with Crippen molar-refractivity contribution < 1.29 is 40.7 Å². The Morgan fingerprint density at radius 3 is 2.18 bits per heavy atom. The van der Waals surface area contributed by atoms with E-state index in [0.29, 0.717) is 12.1 Å². The van der Waals surface area contributed by atoms with Crippen LogP contribution in [0.25, 0.3) is 17.6 Å². The van der Waals surface area contributed by atoms with E-state index < -0.39 is 52.6 Å². The highest BCUT2D eigenvalue weighted by atomic mass is 19.4. The van der Waals surface area contributed by atoms with Crippen molar-refractivity contribution in [3.63, 3.8) is 0 Å². The molecule has 1 fully saturated rings. The molecule has 0 radical (unpaired) electrons. The van der Waals surface area contributed by atoms with Crippen molar-refractivity contribution >= 4 is 23.9 Å². The van der Waals surface area contributed by atoms with Crippen LogP contribution in [0.1, 0.15) is 11.1 Å². The summed E-state index contributed by atoms with van der Waals surface area (Å²) in [6.07, 6.45) is -7.22. The fraction of sp³-hybridized carbons (Fsp3) is 0.278. The second-order valence-corrected chi connectivity index (χ2v) is 6.86. The molecule has 176 valence electrons. The molecular weight excluding hydrogens is 462 g/mol. The molecule has 1 N–H and O–H groups in total. The minimum absolute atomic E-state index is 0.0187. The van der Waals surface area contributed by atoms with Gasteiger partial charge in [-0.25, -0.2) is 14.7 Å². The highest BCUT2D eigenvalue weighted by molar-refractivity contribution is 5.96. The summed E-state index contributed by atoms with van der Waals surface area (Å²) in [6.45, 7) is -0.606. The molecule has 33 heavy (non-hydrogen) atoms. The minimum Gasteiger partial charge on any atom is -0.335 e. The molecule has 2 aromatic rings. The zero-order chi connectivity index (χ0) is 24.6. The van der Waals surface area contributed by atoms with Gasteiger partial charge in [-0.3, -0.25) is 19.8 Å². The first-order valence-electron chi connectivity index (χ1n) is 8.98. The quantitative estimate of drug-likeness (QED) is 0.536. The predicted octanol–water partition coefficient (Wildman–Crippen LogP) is 1.79. The first-order chi connectivity index (χ1) is 15.2. The summed E-state index contributed by atoms with van der Waals surface area (Å²) in [4.78, 5) is 40.3. The number of nitrogens with one attached hydrogen (secondary N) is 1. The molecule has 3 amide bonds. The molecule has 0 aliphatic carbocycles. The average Bonchev–Trinajstić information content (AvgIpc) is 3.18. The number of hydrazine groups is 1. The summed E-state index contributed by atoms with van der Waals surface area (Å²) in [5.74, 6) is -2.22. The Labute approximate surface area is 181 Å². The van der Waals surface area contributed by atoms with Crippen LogP contribution in [0.15, 0.2) is 30.6 Å². The Hall–Kier alpha value is -3.91. The van der Waals surface area contributed by atoms with Crippen LogP contribution in [-0.4, -0.2) is 62.5 Å². The number of aromatic nitrogens is 3. The van der Waals surface area contributed by atoms with E-state index in [2.05, 4.69) is 15.5 Å². The topological polar surface area (TPSA) is 100 Å². The number of carbonyl (C=O) groups is 3. The zero-order valence-corrected chi connectivity index (χ0v) is 16.6. The fourth-order valence-electron chi connectivity index (χ4n) is 2.70. The molecule has 9 nitrogen and oxygen atoms in total. The number of piperazine rings is 1. The second-order valence-electron chi connectivity index (χ2n) is 6.86. The number of hydrogen-bond donors (Lipinski definition) is 1. The molecule has 15 heteroatoms. The lowest BCUT2D eigenvalue weighted by Gasteiger charge is -2.31. The van der Waals surface area contributed by atoms with Gasteiger partial charge >= 0.3 is 12.4 Å². The third-order valence-corrected chi connectivity index (χ3v) is 4.37. The van der Waals surface area contributed by atoms with E-state index in [1.807, 2.05) is 0 Å². The molecule has 3 rings (SSSR count). The summed E-state index contributed by atoms with van der Waals surface area (Å²) in [7, 11) is 1.42. The standard InChI is InChI=1S/C18H14F6N6O3/c1-28-7-15(33)30(8-14(28)32)26-13(31)2-3-29-9-25-16(27-29)10-4-11(17(19,20)21)6-12(5-10)18(22,23)24/h2-6,9H,7-8H2,1H3,(H,26,31)/b3-2-. The van der Waals surface area contributed by atoms with Gasteiger partial charge in [0.1, 0.15) is 19.4 Å². The van der Waals surface area contributed by atoms with Gasteiger partial charge in [0, 0.05) is 24.9 Å². The number of rotatable bonds is 4. The third-order valence-electron chi connectivity index (χ3n) is 4.37. The van der Waals surface area contributed by atoms with Gasteiger partial charge in [0.15, 0.2) is 5.82 Å². The lowest BCUT2D eigenvalue weighted by Crippen LogP contribution is -2.58. The number of alkyl halides is 6. The van der Waals surface area contributed by atoms with Crippen molar-refractivity contribution in [2.45, 2.75) is 12.4 Å². The molecule has 1 saturated heterocycles. The van der Waals surface area contributed by atoms with Crippen LogP contribution in [0.3, 0.4) is 0 Å². The smallest absolute Gasteiger partial charge is 0.335 e. The van der Waals surface area contributed by atoms with Gasteiger partial charge in [0.05, 0.1) is 11.1 Å². The van der Waals surface area contributed by atoms with Gasteiger partial charge in [0.25, 0.3) is 11.8 Å². The van der Waals surface area contributed by atoms with E-state index in [9.17, 15) is 40.7 Å². The Kier molecular flexibility index (Phi) is 6.16. The lowest BCUT2D eigenvalue weighted by atomic mass is 10.0. The van der Waals surface area contributed by atoms with Crippen molar-refractivity contribution in [3.05, 3.63) is 41.7 Å². The third kappa shape index (κ3) is 5.67. The second kappa shape index (κ2) is 8.55. The van der Waals surface area contributed by atoms with Crippen molar-refractivity contribution in [2.75, 3.05) is 20.1 Å². The SMILES string of the molecule is CN1CC(=O)N(NC(=O)/C=C\n2cnc(-c3cc(C(F)(F)F)cc(C(F)(F)F)c3)n2)CC1=O. The van der Waals surface area contributed by atoms with Crippen LogP contribution in [-0.2, 0) is 26.7 Å². The normalized spacial score (nSPS) is 15.5.